The van der Waals surface area contributed by atoms with Crippen LogP contribution in [0.2, 0.25) is 0 Å². The fourth-order valence-electron chi connectivity index (χ4n) is 2.77. The third-order valence-corrected chi connectivity index (χ3v) is 3.79. The highest BCUT2D eigenvalue weighted by Crippen LogP contribution is 2.37. The Morgan fingerprint density at radius 1 is 0.542 bits per heavy atom. The van der Waals surface area contributed by atoms with Crippen molar-refractivity contribution in [3.05, 3.63) is 83.9 Å². The minimum absolute atomic E-state index is 0.0741. The van der Waals surface area contributed by atoms with Crippen molar-refractivity contribution in [3.8, 4) is 22.3 Å². The molecule has 3 aromatic carbocycles. The van der Waals surface area contributed by atoms with Gasteiger partial charge in [0.15, 0.2) is 0 Å². The Labute approximate surface area is 138 Å². The molecular weight excluding hydrogens is 304 g/mol. The summed E-state index contributed by atoms with van der Waals surface area (Å²) < 4.78 is 0. The Balaban J connectivity index is 2.45. The number of hydrogen-bond acceptors (Lipinski definition) is 2. The van der Waals surface area contributed by atoms with Crippen molar-refractivity contribution >= 4 is 11.9 Å². The zero-order chi connectivity index (χ0) is 17.1. The average molecular weight is 318 g/mol. The lowest BCUT2D eigenvalue weighted by molar-refractivity contribution is 0.0682. The van der Waals surface area contributed by atoms with Crippen LogP contribution in [-0.4, -0.2) is 22.2 Å². The van der Waals surface area contributed by atoms with Gasteiger partial charge < -0.3 is 10.2 Å². The Morgan fingerprint density at radius 3 is 1.17 bits per heavy atom. The van der Waals surface area contributed by atoms with E-state index in [4.69, 9.17) is 0 Å². The molecule has 0 aliphatic heterocycles. The van der Waals surface area contributed by atoms with Gasteiger partial charge in [-0.25, -0.2) is 9.59 Å². The molecule has 118 valence electrons. The fraction of sp³-hybridized carbons (Fsp3) is 0. The maximum atomic E-state index is 11.7. The molecule has 4 heteroatoms. The molecule has 4 nitrogen and oxygen atoms in total. The van der Waals surface area contributed by atoms with Gasteiger partial charge in [-0.2, -0.15) is 0 Å². The summed E-state index contributed by atoms with van der Waals surface area (Å²) in [6.45, 7) is 0. The molecule has 0 saturated carbocycles. The number of hydrogen-bond donors (Lipinski definition) is 2. The molecule has 0 fully saturated rings. The van der Waals surface area contributed by atoms with Gasteiger partial charge in [0, 0.05) is 11.1 Å². The van der Waals surface area contributed by atoms with Crippen LogP contribution in [0.3, 0.4) is 0 Å². The Kier molecular flexibility index (Phi) is 4.12. The van der Waals surface area contributed by atoms with Gasteiger partial charge in [0.1, 0.15) is 0 Å². The summed E-state index contributed by atoms with van der Waals surface area (Å²) in [4.78, 5) is 23.4. The van der Waals surface area contributed by atoms with Gasteiger partial charge in [0.25, 0.3) is 0 Å². The van der Waals surface area contributed by atoms with E-state index in [9.17, 15) is 19.8 Å². The largest absolute Gasteiger partial charge is 0.478 e. The summed E-state index contributed by atoms with van der Waals surface area (Å²) in [5.41, 5.74) is 2.30. The van der Waals surface area contributed by atoms with E-state index in [1.807, 2.05) is 12.1 Å². The molecule has 3 rings (SSSR count). The van der Waals surface area contributed by atoms with Crippen LogP contribution >= 0.6 is 0 Å². The first-order valence-corrected chi connectivity index (χ1v) is 7.34. The highest BCUT2D eigenvalue weighted by atomic mass is 16.4. The predicted molar refractivity (Wildman–Crippen MR) is 91.2 cm³/mol. The molecule has 0 atom stereocenters. The molecule has 0 spiro atoms. The Hall–Kier alpha value is -3.40. The van der Waals surface area contributed by atoms with Crippen molar-refractivity contribution in [3.63, 3.8) is 0 Å². The van der Waals surface area contributed by atoms with Crippen LogP contribution in [-0.2, 0) is 0 Å². The number of carboxylic acids is 2. The van der Waals surface area contributed by atoms with Gasteiger partial charge in [-0.3, -0.25) is 0 Å². The maximum Gasteiger partial charge on any atom is 0.336 e. The standard InChI is InChI=1S/C20H14O4/c21-19(22)15-11-12-16(20(23)24)18(14-9-5-2-6-10-14)17(15)13-7-3-1-4-8-13/h1-12H,(H,21,22)(H,23,24). The van der Waals surface area contributed by atoms with Gasteiger partial charge >= 0.3 is 11.9 Å². The fourth-order valence-corrected chi connectivity index (χ4v) is 2.77. The van der Waals surface area contributed by atoms with Crippen molar-refractivity contribution < 1.29 is 19.8 Å². The number of rotatable bonds is 4. The Bertz CT molecular complexity index is 823. The maximum absolute atomic E-state index is 11.7. The molecular formula is C20H14O4. The summed E-state index contributed by atoms with van der Waals surface area (Å²) in [6.07, 6.45) is 0. The van der Waals surface area contributed by atoms with Crippen LogP contribution in [0.4, 0.5) is 0 Å². The first-order valence-electron chi connectivity index (χ1n) is 7.34. The van der Waals surface area contributed by atoms with Crippen LogP contribution in [0.25, 0.3) is 22.3 Å². The van der Waals surface area contributed by atoms with Crippen LogP contribution in [0.5, 0.6) is 0 Å². The van der Waals surface area contributed by atoms with Crippen LogP contribution < -0.4 is 0 Å². The lowest BCUT2D eigenvalue weighted by Gasteiger charge is -2.16. The number of carboxylic acid groups (broad SMARTS) is 2. The van der Waals surface area contributed by atoms with Crippen molar-refractivity contribution in [2.45, 2.75) is 0 Å². The van der Waals surface area contributed by atoms with E-state index in [-0.39, 0.29) is 11.1 Å². The van der Waals surface area contributed by atoms with Gasteiger partial charge in [0.2, 0.25) is 0 Å². The van der Waals surface area contributed by atoms with Crippen molar-refractivity contribution in [2.24, 2.45) is 0 Å². The molecule has 0 unspecified atom stereocenters. The van der Waals surface area contributed by atoms with E-state index in [1.54, 1.807) is 48.5 Å². The molecule has 0 aliphatic carbocycles. The quantitative estimate of drug-likeness (QED) is 0.747. The van der Waals surface area contributed by atoms with Crippen LogP contribution in [0, 0.1) is 0 Å². The van der Waals surface area contributed by atoms with Crippen LogP contribution in [0.1, 0.15) is 20.7 Å². The first-order chi connectivity index (χ1) is 11.6. The highest BCUT2D eigenvalue weighted by molar-refractivity contribution is 6.07. The molecule has 2 N–H and O–H groups in total. The third-order valence-electron chi connectivity index (χ3n) is 3.79. The number of carbonyl (C=O) groups is 2. The molecule has 0 radical (unpaired) electrons. The van der Waals surface area contributed by atoms with Crippen molar-refractivity contribution in [1.29, 1.82) is 0 Å². The molecule has 0 amide bonds. The minimum Gasteiger partial charge on any atom is -0.478 e. The lowest BCUT2D eigenvalue weighted by atomic mass is 9.87. The van der Waals surface area contributed by atoms with Crippen molar-refractivity contribution in [2.75, 3.05) is 0 Å². The van der Waals surface area contributed by atoms with Crippen molar-refractivity contribution in [1.82, 2.24) is 0 Å². The third kappa shape index (κ3) is 2.77. The molecule has 0 saturated heterocycles. The smallest absolute Gasteiger partial charge is 0.336 e. The van der Waals surface area contributed by atoms with E-state index < -0.39 is 11.9 Å². The van der Waals surface area contributed by atoms with Gasteiger partial charge in [-0.1, -0.05) is 60.7 Å². The molecule has 24 heavy (non-hydrogen) atoms. The SMILES string of the molecule is O=C(O)c1ccc(C(=O)O)c(-c2ccccc2)c1-c1ccccc1. The van der Waals surface area contributed by atoms with Crippen LogP contribution in [0.15, 0.2) is 72.8 Å². The zero-order valence-corrected chi connectivity index (χ0v) is 12.6. The van der Waals surface area contributed by atoms with E-state index >= 15 is 0 Å². The predicted octanol–water partition coefficient (Wildman–Crippen LogP) is 4.42. The van der Waals surface area contributed by atoms with Gasteiger partial charge in [0.05, 0.1) is 11.1 Å². The molecule has 0 heterocycles. The van der Waals surface area contributed by atoms with Gasteiger partial charge in [-0.05, 0) is 23.3 Å². The second-order valence-corrected chi connectivity index (χ2v) is 5.25. The average Bonchev–Trinajstić information content (AvgIpc) is 2.61. The van der Waals surface area contributed by atoms with E-state index in [1.165, 1.54) is 12.1 Å². The van der Waals surface area contributed by atoms with E-state index in [2.05, 4.69) is 0 Å². The second kappa shape index (κ2) is 6.38. The number of benzene rings is 3. The highest BCUT2D eigenvalue weighted by Gasteiger charge is 2.22. The molecule has 0 bridgehead atoms. The number of aromatic carboxylic acids is 2. The lowest BCUT2D eigenvalue weighted by Crippen LogP contribution is -2.07. The normalized spacial score (nSPS) is 10.3. The summed E-state index contributed by atoms with van der Waals surface area (Å²) >= 11 is 0. The summed E-state index contributed by atoms with van der Waals surface area (Å²) in [5.74, 6) is -2.19. The summed E-state index contributed by atoms with van der Waals surface area (Å²) in [5, 5.41) is 19.2. The molecule has 3 aromatic rings. The zero-order valence-electron chi connectivity index (χ0n) is 12.6. The minimum atomic E-state index is -1.09. The summed E-state index contributed by atoms with van der Waals surface area (Å²) in [7, 11) is 0. The monoisotopic (exact) mass is 318 g/mol. The van der Waals surface area contributed by atoms with E-state index in [0.717, 1.165) is 0 Å². The molecule has 0 aromatic heterocycles. The summed E-state index contributed by atoms with van der Waals surface area (Å²) in [6, 6.07) is 20.6. The van der Waals surface area contributed by atoms with Gasteiger partial charge in [-0.15, -0.1) is 0 Å². The van der Waals surface area contributed by atoms with E-state index in [0.29, 0.717) is 22.3 Å². The Morgan fingerprint density at radius 2 is 0.875 bits per heavy atom. The molecule has 0 aliphatic rings. The topological polar surface area (TPSA) is 74.6 Å². The first kappa shape index (κ1) is 15.5. The second-order valence-electron chi connectivity index (χ2n) is 5.25.